The van der Waals surface area contributed by atoms with E-state index >= 15 is 0 Å². The van der Waals surface area contributed by atoms with Gasteiger partial charge in [-0.1, -0.05) is 30.9 Å². The molecule has 3 unspecified atom stereocenters. The maximum atomic E-state index is 10.1. The fourth-order valence-corrected chi connectivity index (χ4v) is 2.71. The van der Waals surface area contributed by atoms with E-state index in [0.29, 0.717) is 19.1 Å². The average molecular weight is 293 g/mol. The summed E-state index contributed by atoms with van der Waals surface area (Å²) in [5.74, 6) is 0.580. The van der Waals surface area contributed by atoms with Gasteiger partial charge >= 0.3 is 0 Å². The lowest BCUT2D eigenvalue weighted by atomic mass is 9.97. The Morgan fingerprint density at radius 2 is 2.24 bits per heavy atom. The first-order chi connectivity index (χ1) is 10.2. The highest BCUT2D eigenvalue weighted by Gasteiger charge is 2.20. The van der Waals surface area contributed by atoms with Crippen LogP contribution in [0.4, 0.5) is 0 Å². The van der Waals surface area contributed by atoms with E-state index in [1.54, 1.807) is 0 Å². The number of aliphatic hydroxyl groups is 1. The van der Waals surface area contributed by atoms with Crippen LogP contribution in [0.25, 0.3) is 0 Å². The van der Waals surface area contributed by atoms with Crippen LogP contribution in [0, 0.1) is 5.92 Å². The van der Waals surface area contributed by atoms with Crippen LogP contribution in [0.3, 0.4) is 0 Å². The molecule has 0 aliphatic carbocycles. The molecule has 1 heterocycles. The van der Waals surface area contributed by atoms with Gasteiger partial charge in [0.2, 0.25) is 0 Å². The number of hydrogen-bond donors (Lipinski definition) is 1. The van der Waals surface area contributed by atoms with E-state index in [9.17, 15) is 5.11 Å². The molecule has 1 N–H and O–H groups in total. The summed E-state index contributed by atoms with van der Waals surface area (Å²) >= 11 is 0. The van der Waals surface area contributed by atoms with Gasteiger partial charge in [0, 0.05) is 13.1 Å². The zero-order valence-electron chi connectivity index (χ0n) is 13.4. The summed E-state index contributed by atoms with van der Waals surface area (Å²) < 4.78 is 5.69. The molecule has 0 aromatic carbocycles. The largest absolute Gasteiger partial charge is 0.389 e. The van der Waals surface area contributed by atoms with Crippen LogP contribution in [0.15, 0.2) is 37.5 Å². The molecule has 0 aromatic rings. The summed E-state index contributed by atoms with van der Waals surface area (Å²) in [7, 11) is 0. The summed E-state index contributed by atoms with van der Waals surface area (Å²) in [5, 5.41) is 10.1. The summed E-state index contributed by atoms with van der Waals surface area (Å²) in [6, 6.07) is 0. The van der Waals surface area contributed by atoms with Gasteiger partial charge in [-0.25, -0.2) is 0 Å². The Labute approximate surface area is 130 Å². The van der Waals surface area contributed by atoms with E-state index in [-0.39, 0.29) is 6.10 Å². The van der Waals surface area contributed by atoms with Gasteiger partial charge in [-0.2, -0.15) is 0 Å². The molecule has 1 aliphatic heterocycles. The number of rotatable bonds is 10. The van der Waals surface area contributed by atoms with Crippen molar-refractivity contribution in [3.8, 4) is 0 Å². The van der Waals surface area contributed by atoms with Crippen LogP contribution >= 0.6 is 0 Å². The number of nitrogens with zero attached hydrogens (tertiary/aromatic N) is 1. The fraction of sp³-hybridized carbons (Fsp3) is 0.667. The van der Waals surface area contributed by atoms with Crippen molar-refractivity contribution in [2.75, 3.05) is 26.2 Å². The van der Waals surface area contributed by atoms with Gasteiger partial charge in [0.05, 0.1) is 18.8 Å². The number of allylic oxidation sites excluding steroid dienone is 3. The lowest BCUT2D eigenvalue weighted by Gasteiger charge is -2.32. The normalized spacial score (nSPS) is 23.0. The summed E-state index contributed by atoms with van der Waals surface area (Å²) in [6.07, 6.45) is 12.1. The molecular formula is C18H31NO2. The number of aliphatic hydroxyl groups excluding tert-OH is 1. The standard InChI is InChI=1S/C18H31NO2/c1-4-6-9-16(3)21-15-18(20)14-19-12-8-11-17(13-19)10-7-5-2/h4-5,7,10,16-18,20H,1-2,6,8-9,11-15H2,3H3/b10-7-. The van der Waals surface area contributed by atoms with Crippen LogP contribution in [0.1, 0.15) is 32.6 Å². The molecule has 1 rings (SSSR count). The Kier molecular flexibility index (Phi) is 9.31. The van der Waals surface area contributed by atoms with E-state index in [1.165, 1.54) is 12.8 Å². The van der Waals surface area contributed by atoms with Gasteiger partial charge in [0.25, 0.3) is 0 Å². The van der Waals surface area contributed by atoms with Crippen LogP contribution < -0.4 is 0 Å². The summed E-state index contributed by atoms with van der Waals surface area (Å²) in [4.78, 5) is 2.34. The maximum absolute atomic E-state index is 10.1. The monoisotopic (exact) mass is 293 g/mol. The Morgan fingerprint density at radius 1 is 1.43 bits per heavy atom. The van der Waals surface area contributed by atoms with Crippen molar-refractivity contribution in [2.45, 2.75) is 44.8 Å². The minimum absolute atomic E-state index is 0.183. The lowest BCUT2D eigenvalue weighted by Crippen LogP contribution is -2.41. The zero-order chi connectivity index (χ0) is 15.5. The highest BCUT2D eigenvalue weighted by molar-refractivity contribution is 5.01. The Bertz CT molecular complexity index is 327. The van der Waals surface area contributed by atoms with Gasteiger partial charge < -0.3 is 14.7 Å². The minimum Gasteiger partial charge on any atom is -0.389 e. The second kappa shape index (κ2) is 10.8. The van der Waals surface area contributed by atoms with Crippen molar-refractivity contribution in [2.24, 2.45) is 5.92 Å². The third-order valence-corrected chi connectivity index (χ3v) is 3.88. The smallest absolute Gasteiger partial charge is 0.0900 e. The topological polar surface area (TPSA) is 32.7 Å². The highest BCUT2D eigenvalue weighted by atomic mass is 16.5. The molecular weight excluding hydrogens is 262 g/mol. The van der Waals surface area contributed by atoms with E-state index in [4.69, 9.17) is 4.74 Å². The first kappa shape index (κ1) is 18.1. The molecule has 1 saturated heterocycles. The van der Waals surface area contributed by atoms with Crippen molar-refractivity contribution >= 4 is 0 Å². The number of hydrogen-bond acceptors (Lipinski definition) is 3. The SMILES string of the molecule is C=C/C=C\C1CCCN(CC(O)COC(C)CCC=C)C1. The molecule has 3 heteroatoms. The van der Waals surface area contributed by atoms with Gasteiger partial charge in [0.1, 0.15) is 0 Å². The predicted octanol–water partition coefficient (Wildman–Crippen LogP) is 3.17. The van der Waals surface area contributed by atoms with Crippen molar-refractivity contribution in [1.82, 2.24) is 4.90 Å². The molecule has 0 bridgehead atoms. The fourth-order valence-electron chi connectivity index (χ4n) is 2.71. The molecule has 0 aromatic heterocycles. The molecule has 1 aliphatic rings. The quantitative estimate of drug-likeness (QED) is 0.496. The van der Waals surface area contributed by atoms with Gasteiger partial charge in [-0.05, 0) is 45.1 Å². The van der Waals surface area contributed by atoms with Crippen molar-refractivity contribution in [1.29, 1.82) is 0 Å². The van der Waals surface area contributed by atoms with Crippen LogP contribution in [-0.2, 0) is 4.74 Å². The van der Waals surface area contributed by atoms with Crippen molar-refractivity contribution in [3.05, 3.63) is 37.5 Å². The van der Waals surface area contributed by atoms with Crippen molar-refractivity contribution in [3.63, 3.8) is 0 Å². The van der Waals surface area contributed by atoms with Crippen LogP contribution in [0.2, 0.25) is 0 Å². The van der Waals surface area contributed by atoms with E-state index < -0.39 is 6.10 Å². The van der Waals surface area contributed by atoms with E-state index in [1.807, 2.05) is 25.2 Å². The molecule has 0 spiro atoms. The molecule has 3 nitrogen and oxygen atoms in total. The molecule has 0 saturated carbocycles. The molecule has 3 atom stereocenters. The molecule has 21 heavy (non-hydrogen) atoms. The second-order valence-electron chi connectivity index (χ2n) is 5.95. The van der Waals surface area contributed by atoms with Crippen molar-refractivity contribution < 1.29 is 9.84 Å². The van der Waals surface area contributed by atoms with E-state index in [0.717, 1.165) is 25.9 Å². The van der Waals surface area contributed by atoms with Gasteiger partial charge in [-0.15, -0.1) is 6.58 Å². The lowest BCUT2D eigenvalue weighted by molar-refractivity contribution is -0.0201. The van der Waals surface area contributed by atoms with Crippen LogP contribution in [0.5, 0.6) is 0 Å². The first-order valence-electron chi connectivity index (χ1n) is 8.07. The highest BCUT2D eigenvalue weighted by Crippen LogP contribution is 2.18. The van der Waals surface area contributed by atoms with E-state index in [2.05, 4.69) is 24.1 Å². The molecule has 0 radical (unpaired) electrons. The van der Waals surface area contributed by atoms with Gasteiger partial charge in [-0.3, -0.25) is 0 Å². The third kappa shape index (κ3) is 8.20. The predicted molar refractivity (Wildman–Crippen MR) is 89.4 cm³/mol. The molecule has 120 valence electrons. The second-order valence-corrected chi connectivity index (χ2v) is 5.95. The van der Waals surface area contributed by atoms with Gasteiger partial charge in [0.15, 0.2) is 0 Å². The average Bonchev–Trinajstić information content (AvgIpc) is 2.49. The Morgan fingerprint density at radius 3 is 2.95 bits per heavy atom. The number of piperidine rings is 1. The minimum atomic E-state index is -0.404. The first-order valence-corrected chi connectivity index (χ1v) is 8.07. The maximum Gasteiger partial charge on any atom is 0.0900 e. The zero-order valence-corrected chi connectivity index (χ0v) is 13.4. The van der Waals surface area contributed by atoms with Crippen LogP contribution in [-0.4, -0.2) is 48.5 Å². The third-order valence-electron chi connectivity index (χ3n) is 3.88. The number of ether oxygens (including phenoxy) is 1. The number of β-amino-alcohol motifs (C(OH)–C–C–N with tert-alkyl or cyclic N) is 1. The summed E-state index contributed by atoms with van der Waals surface area (Å²) in [5.41, 5.74) is 0. The summed E-state index contributed by atoms with van der Waals surface area (Å²) in [6.45, 7) is 12.7. The Hall–Kier alpha value is -0.900. The molecule has 1 fully saturated rings. The molecule has 0 amide bonds. The number of likely N-dealkylation sites (tertiary alicyclic amines) is 1. The Balaban J connectivity index is 2.23.